The molecule has 1 aromatic heterocycles. The highest BCUT2D eigenvalue weighted by molar-refractivity contribution is 9.10. The van der Waals surface area contributed by atoms with Gasteiger partial charge in [-0.15, -0.1) is 0 Å². The van der Waals surface area contributed by atoms with Crippen LogP contribution in [0.4, 0.5) is 5.69 Å². The van der Waals surface area contributed by atoms with Crippen LogP contribution in [0.1, 0.15) is 25.3 Å². The highest BCUT2D eigenvalue weighted by Crippen LogP contribution is 2.25. The van der Waals surface area contributed by atoms with E-state index in [2.05, 4.69) is 64.5 Å². The van der Waals surface area contributed by atoms with Crippen LogP contribution in [0.5, 0.6) is 0 Å². The first kappa shape index (κ1) is 15.8. The van der Waals surface area contributed by atoms with E-state index < -0.39 is 0 Å². The van der Waals surface area contributed by atoms with Crippen molar-refractivity contribution < 1.29 is 0 Å². The van der Waals surface area contributed by atoms with Crippen LogP contribution in [0, 0.1) is 5.92 Å². The summed E-state index contributed by atoms with van der Waals surface area (Å²) in [4.78, 5) is 11.9. The minimum Gasteiger partial charge on any atom is -0.382 e. The van der Waals surface area contributed by atoms with E-state index in [-0.39, 0.29) is 5.56 Å². The zero-order valence-corrected chi connectivity index (χ0v) is 14.1. The van der Waals surface area contributed by atoms with Crippen molar-refractivity contribution in [1.29, 1.82) is 0 Å². The van der Waals surface area contributed by atoms with Gasteiger partial charge in [-0.3, -0.25) is 4.79 Å². The van der Waals surface area contributed by atoms with Crippen molar-refractivity contribution >= 4 is 21.6 Å². The summed E-state index contributed by atoms with van der Waals surface area (Å²) in [6.07, 6.45) is 1.67. The molecular formula is C16H20BrN3O. The van der Waals surface area contributed by atoms with E-state index in [0.29, 0.717) is 16.3 Å². The fourth-order valence-electron chi connectivity index (χ4n) is 2.29. The van der Waals surface area contributed by atoms with Crippen molar-refractivity contribution in [3.8, 4) is 0 Å². The molecule has 0 aliphatic rings. The van der Waals surface area contributed by atoms with Crippen molar-refractivity contribution in [2.45, 2.75) is 19.8 Å². The first-order valence-electron chi connectivity index (χ1n) is 7.01. The van der Waals surface area contributed by atoms with E-state index in [9.17, 15) is 4.79 Å². The molecule has 1 N–H and O–H groups in total. The molecule has 0 aliphatic carbocycles. The average Bonchev–Trinajstić information content (AvgIpc) is 2.48. The lowest BCUT2D eigenvalue weighted by Crippen LogP contribution is -2.23. The molecule has 21 heavy (non-hydrogen) atoms. The molecule has 5 heteroatoms. The molecule has 0 bridgehead atoms. The highest BCUT2D eigenvalue weighted by Gasteiger charge is 2.16. The fourth-order valence-corrected chi connectivity index (χ4v) is 2.79. The highest BCUT2D eigenvalue weighted by atomic mass is 79.9. The first-order chi connectivity index (χ1) is 10.0. The molecule has 1 atom stereocenters. The molecule has 2 aromatic rings. The third-order valence-electron chi connectivity index (χ3n) is 3.62. The van der Waals surface area contributed by atoms with Gasteiger partial charge < -0.3 is 5.32 Å². The lowest BCUT2D eigenvalue weighted by Gasteiger charge is -2.22. The Balaban J connectivity index is 2.17. The Morgan fingerprint density at radius 3 is 2.57 bits per heavy atom. The topological polar surface area (TPSA) is 46.9 Å². The molecule has 1 unspecified atom stereocenters. The molecule has 0 spiro atoms. The molecular weight excluding hydrogens is 330 g/mol. The van der Waals surface area contributed by atoms with Gasteiger partial charge >= 0.3 is 0 Å². The van der Waals surface area contributed by atoms with Crippen LogP contribution in [0.3, 0.4) is 0 Å². The second-order valence-electron chi connectivity index (χ2n) is 5.44. The predicted molar refractivity (Wildman–Crippen MR) is 89.7 cm³/mol. The summed E-state index contributed by atoms with van der Waals surface area (Å²) in [6, 6.07) is 10.4. The SMILES string of the molecule is CC(C)C(CNc1cnn(C)c(=O)c1Br)c1ccccc1. The standard InChI is InChI=1S/C16H20BrN3O/c1-11(2)13(12-7-5-4-6-8-12)9-18-14-10-19-20(3)16(21)15(14)17/h4-8,10-11,13,18H,9H2,1-3H3. The van der Waals surface area contributed by atoms with Crippen LogP contribution < -0.4 is 10.9 Å². The number of nitrogens with one attached hydrogen (secondary N) is 1. The molecule has 1 heterocycles. The number of aryl methyl sites for hydroxylation is 1. The molecule has 0 saturated heterocycles. The van der Waals surface area contributed by atoms with Crippen LogP contribution in [0.15, 0.2) is 45.8 Å². The van der Waals surface area contributed by atoms with Crippen LogP contribution in [-0.4, -0.2) is 16.3 Å². The monoisotopic (exact) mass is 349 g/mol. The van der Waals surface area contributed by atoms with Gasteiger partial charge in [-0.1, -0.05) is 44.2 Å². The Hall–Kier alpha value is -1.62. The third-order valence-corrected chi connectivity index (χ3v) is 4.39. The smallest absolute Gasteiger partial charge is 0.282 e. The predicted octanol–water partition coefficient (Wildman–Crippen LogP) is 3.39. The normalized spacial score (nSPS) is 12.4. The number of hydrogen-bond acceptors (Lipinski definition) is 3. The number of rotatable bonds is 5. The summed E-state index contributed by atoms with van der Waals surface area (Å²) >= 11 is 3.34. The molecule has 0 saturated carbocycles. The Morgan fingerprint density at radius 1 is 1.29 bits per heavy atom. The zero-order chi connectivity index (χ0) is 15.4. The van der Waals surface area contributed by atoms with Crippen molar-refractivity contribution in [3.63, 3.8) is 0 Å². The summed E-state index contributed by atoms with van der Waals surface area (Å²) < 4.78 is 1.84. The van der Waals surface area contributed by atoms with Gasteiger partial charge in [-0.2, -0.15) is 5.10 Å². The lowest BCUT2D eigenvalue weighted by atomic mass is 9.88. The van der Waals surface area contributed by atoms with Gasteiger partial charge in [0.1, 0.15) is 4.47 Å². The maximum absolute atomic E-state index is 11.9. The van der Waals surface area contributed by atoms with E-state index in [0.717, 1.165) is 12.2 Å². The number of nitrogens with zero attached hydrogens (tertiary/aromatic N) is 2. The van der Waals surface area contributed by atoms with Gasteiger partial charge in [0.2, 0.25) is 0 Å². The Labute approximate surface area is 133 Å². The molecule has 0 radical (unpaired) electrons. The Kier molecular flexibility index (Phi) is 5.17. The summed E-state index contributed by atoms with van der Waals surface area (Å²) in [5.41, 5.74) is 1.90. The average molecular weight is 350 g/mol. The number of hydrogen-bond donors (Lipinski definition) is 1. The van der Waals surface area contributed by atoms with E-state index in [1.165, 1.54) is 10.2 Å². The maximum Gasteiger partial charge on any atom is 0.282 e. The minimum absolute atomic E-state index is 0.138. The molecule has 0 amide bonds. The maximum atomic E-state index is 11.9. The lowest BCUT2D eigenvalue weighted by molar-refractivity contribution is 0.516. The number of halogens is 1. The number of anilines is 1. The van der Waals surface area contributed by atoms with Gasteiger partial charge in [0, 0.05) is 19.5 Å². The van der Waals surface area contributed by atoms with Gasteiger partial charge in [-0.25, -0.2) is 4.68 Å². The van der Waals surface area contributed by atoms with Crippen molar-refractivity contribution in [2.24, 2.45) is 13.0 Å². The van der Waals surface area contributed by atoms with Gasteiger partial charge in [0.05, 0.1) is 11.9 Å². The number of aromatic nitrogens is 2. The minimum atomic E-state index is -0.138. The largest absolute Gasteiger partial charge is 0.382 e. The third kappa shape index (κ3) is 3.73. The van der Waals surface area contributed by atoms with E-state index in [1.807, 2.05) is 6.07 Å². The Bertz CT molecular complexity index is 652. The molecule has 112 valence electrons. The van der Waals surface area contributed by atoms with Crippen LogP contribution in [0.25, 0.3) is 0 Å². The van der Waals surface area contributed by atoms with Crippen molar-refractivity contribution in [2.75, 3.05) is 11.9 Å². The summed E-state index contributed by atoms with van der Waals surface area (Å²) in [7, 11) is 1.64. The molecule has 0 fully saturated rings. The quantitative estimate of drug-likeness (QED) is 0.899. The summed E-state index contributed by atoms with van der Waals surface area (Å²) in [6.45, 7) is 5.17. The van der Waals surface area contributed by atoms with E-state index in [1.54, 1.807) is 13.2 Å². The molecule has 1 aromatic carbocycles. The van der Waals surface area contributed by atoms with E-state index >= 15 is 0 Å². The second-order valence-corrected chi connectivity index (χ2v) is 6.24. The zero-order valence-electron chi connectivity index (χ0n) is 12.5. The van der Waals surface area contributed by atoms with Gasteiger partial charge in [0.25, 0.3) is 5.56 Å². The molecule has 4 nitrogen and oxygen atoms in total. The van der Waals surface area contributed by atoms with Crippen LogP contribution in [0.2, 0.25) is 0 Å². The summed E-state index contributed by atoms with van der Waals surface area (Å²) in [5.74, 6) is 0.875. The second kappa shape index (κ2) is 6.89. The van der Waals surface area contributed by atoms with Crippen molar-refractivity contribution in [1.82, 2.24) is 9.78 Å². The summed E-state index contributed by atoms with van der Waals surface area (Å²) in [5, 5.41) is 7.38. The Morgan fingerprint density at radius 2 is 1.95 bits per heavy atom. The van der Waals surface area contributed by atoms with E-state index in [4.69, 9.17) is 0 Å². The fraction of sp³-hybridized carbons (Fsp3) is 0.375. The van der Waals surface area contributed by atoms with Gasteiger partial charge in [0.15, 0.2) is 0 Å². The van der Waals surface area contributed by atoms with Crippen LogP contribution in [-0.2, 0) is 7.05 Å². The van der Waals surface area contributed by atoms with Gasteiger partial charge in [-0.05, 0) is 27.4 Å². The first-order valence-corrected chi connectivity index (χ1v) is 7.80. The molecule has 0 aliphatic heterocycles. The number of benzene rings is 1. The van der Waals surface area contributed by atoms with Crippen LogP contribution >= 0.6 is 15.9 Å². The molecule has 2 rings (SSSR count). The van der Waals surface area contributed by atoms with Crippen molar-refractivity contribution in [3.05, 3.63) is 56.9 Å².